The molecule has 32 heavy (non-hydrogen) atoms. The number of benzene rings is 3. The first-order valence-electron chi connectivity index (χ1n) is 10.1. The van der Waals surface area contributed by atoms with Gasteiger partial charge in [-0.15, -0.1) is 11.3 Å². The van der Waals surface area contributed by atoms with Crippen LogP contribution in [0.4, 0.5) is 5.69 Å². The van der Waals surface area contributed by atoms with Crippen LogP contribution in [0.2, 0.25) is 0 Å². The molecule has 2 aromatic heterocycles. The quantitative estimate of drug-likeness (QED) is 0.271. The minimum atomic E-state index is -0.465. The monoisotopic (exact) mass is 457 g/mol. The summed E-state index contributed by atoms with van der Waals surface area (Å²) in [6.45, 7) is 1.82. The summed E-state index contributed by atoms with van der Waals surface area (Å²) < 4.78 is 1.58. The fraction of sp³-hybridized carbons (Fsp3) is 0.0800. The maximum absolute atomic E-state index is 13.2. The SMILES string of the molecule is CC(Sc1nc2sccc2c(=O)n1-c1ccccc1)C(=O)Nc1cccc2ccccc12. The predicted octanol–water partition coefficient (Wildman–Crippen LogP) is 5.72. The Bertz CT molecular complexity index is 1490. The molecule has 1 amide bonds. The lowest BCUT2D eigenvalue weighted by atomic mass is 10.1. The third-order valence-corrected chi connectivity index (χ3v) is 7.04. The van der Waals surface area contributed by atoms with Crippen LogP contribution in [0.3, 0.4) is 0 Å². The van der Waals surface area contributed by atoms with E-state index in [1.54, 1.807) is 10.6 Å². The van der Waals surface area contributed by atoms with Gasteiger partial charge in [-0.25, -0.2) is 4.98 Å². The highest BCUT2D eigenvalue weighted by Gasteiger charge is 2.21. The van der Waals surface area contributed by atoms with E-state index >= 15 is 0 Å². The van der Waals surface area contributed by atoms with Crippen LogP contribution in [0, 0.1) is 0 Å². The summed E-state index contributed by atoms with van der Waals surface area (Å²) in [6.07, 6.45) is 0. The Morgan fingerprint density at radius 1 is 0.969 bits per heavy atom. The second-order valence-electron chi connectivity index (χ2n) is 7.29. The lowest BCUT2D eigenvalue weighted by Crippen LogP contribution is -2.26. The van der Waals surface area contributed by atoms with Gasteiger partial charge in [0.2, 0.25) is 5.91 Å². The van der Waals surface area contributed by atoms with Crippen molar-refractivity contribution < 1.29 is 4.79 Å². The van der Waals surface area contributed by atoms with Crippen molar-refractivity contribution in [2.75, 3.05) is 5.32 Å². The number of thioether (sulfide) groups is 1. The lowest BCUT2D eigenvalue weighted by molar-refractivity contribution is -0.115. The fourth-order valence-corrected chi connectivity index (χ4v) is 5.29. The van der Waals surface area contributed by atoms with E-state index in [4.69, 9.17) is 4.98 Å². The van der Waals surface area contributed by atoms with Gasteiger partial charge in [0.05, 0.1) is 16.3 Å². The van der Waals surface area contributed by atoms with Crippen LogP contribution >= 0.6 is 23.1 Å². The molecular formula is C25H19N3O2S2. The van der Waals surface area contributed by atoms with Crippen LogP contribution in [0.5, 0.6) is 0 Å². The molecule has 5 nitrogen and oxygen atoms in total. The number of nitrogens with zero attached hydrogens (tertiary/aromatic N) is 2. The van der Waals surface area contributed by atoms with E-state index in [0.717, 1.165) is 22.1 Å². The van der Waals surface area contributed by atoms with E-state index in [1.165, 1.54) is 23.1 Å². The molecule has 0 spiro atoms. The lowest BCUT2D eigenvalue weighted by Gasteiger charge is -2.16. The molecule has 5 rings (SSSR count). The van der Waals surface area contributed by atoms with Crippen molar-refractivity contribution in [3.63, 3.8) is 0 Å². The molecule has 0 radical (unpaired) electrons. The highest BCUT2D eigenvalue weighted by molar-refractivity contribution is 8.00. The number of aromatic nitrogens is 2. The van der Waals surface area contributed by atoms with Crippen molar-refractivity contribution in [2.24, 2.45) is 0 Å². The smallest absolute Gasteiger partial charge is 0.267 e. The molecule has 2 heterocycles. The van der Waals surface area contributed by atoms with Crippen LogP contribution in [-0.2, 0) is 4.79 Å². The fourth-order valence-electron chi connectivity index (χ4n) is 3.56. The van der Waals surface area contributed by atoms with Crippen molar-refractivity contribution in [1.82, 2.24) is 9.55 Å². The summed E-state index contributed by atoms with van der Waals surface area (Å²) in [5.74, 6) is -0.147. The second-order valence-corrected chi connectivity index (χ2v) is 9.49. The zero-order chi connectivity index (χ0) is 22.1. The van der Waals surface area contributed by atoms with Gasteiger partial charge in [-0.3, -0.25) is 14.2 Å². The van der Waals surface area contributed by atoms with Gasteiger partial charge in [-0.1, -0.05) is 66.4 Å². The average molecular weight is 458 g/mol. The standard InChI is InChI=1S/C25H19N3O2S2/c1-16(22(29)26-21-13-7-9-17-8-5-6-12-19(17)21)32-25-27-23-20(14-15-31-23)24(30)28(25)18-10-3-2-4-11-18/h2-16H,1H3,(H,26,29). The molecule has 5 aromatic rings. The van der Waals surface area contributed by atoms with Crippen LogP contribution < -0.4 is 10.9 Å². The van der Waals surface area contributed by atoms with Gasteiger partial charge >= 0.3 is 0 Å². The number of carbonyl (C=O) groups excluding carboxylic acids is 1. The summed E-state index contributed by atoms with van der Waals surface area (Å²) in [7, 11) is 0. The molecule has 0 fully saturated rings. The first-order chi connectivity index (χ1) is 15.6. The highest BCUT2D eigenvalue weighted by Crippen LogP contribution is 2.28. The van der Waals surface area contributed by atoms with Crippen LogP contribution in [0.15, 0.2) is 94.2 Å². The molecule has 0 saturated carbocycles. The highest BCUT2D eigenvalue weighted by atomic mass is 32.2. The Labute approximate surface area is 192 Å². The summed E-state index contributed by atoms with van der Waals surface area (Å²) in [5, 5.41) is 7.56. The zero-order valence-corrected chi connectivity index (χ0v) is 18.8. The number of hydrogen-bond donors (Lipinski definition) is 1. The van der Waals surface area contributed by atoms with Crippen molar-refractivity contribution in [2.45, 2.75) is 17.3 Å². The summed E-state index contributed by atoms with van der Waals surface area (Å²) in [4.78, 5) is 31.7. The van der Waals surface area contributed by atoms with Gasteiger partial charge in [0.1, 0.15) is 4.83 Å². The van der Waals surface area contributed by atoms with Gasteiger partial charge in [-0.2, -0.15) is 0 Å². The number of thiophene rings is 1. The maximum Gasteiger partial charge on any atom is 0.267 e. The number of rotatable bonds is 5. The average Bonchev–Trinajstić information content (AvgIpc) is 3.29. The van der Waals surface area contributed by atoms with E-state index in [9.17, 15) is 9.59 Å². The largest absolute Gasteiger partial charge is 0.325 e. The summed E-state index contributed by atoms with van der Waals surface area (Å²) in [5.41, 5.74) is 1.36. The number of nitrogens with one attached hydrogen (secondary N) is 1. The van der Waals surface area contributed by atoms with Gasteiger partial charge in [0.25, 0.3) is 5.56 Å². The van der Waals surface area contributed by atoms with Crippen LogP contribution in [0.25, 0.3) is 26.7 Å². The van der Waals surface area contributed by atoms with Gasteiger partial charge in [0.15, 0.2) is 5.16 Å². The van der Waals surface area contributed by atoms with Gasteiger partial charge < -0.3 is 5.32 Å². The summed E-state index contributed by atoms with van der Waals surface area (Å²) in [6, 6.07) is 25.0. The maximum atomic E-state index is 13.2. The normalized spacial score (nSPS) is 12.2. The zero-order valence-electron chi connectivity index (χ0n) is 17.2. The molecule has 0 aliphatic heterocycles. The Kier molecular flexibility index (Phi) is 5.51. The van der Waals surface area contributed by atoms with Gasteiger partial charge in [-0.05, 0) is 42.0 Å². The molecule has 1 N–H and O–H groups in total. The molecule has 0 aliphatic carbocycles. The molecule has 0 aliphatic rings. The minimum Gasteiger partial charge on any atom is -0.325 e. The predicted molar refractivity (Wildman–Crippen MR) is 133 cm³/mol. The minimum absolute atomic E-state index is 0.133. The molecule has 0 saturated heterocycles. The Balaban J connectivity index is 1.48. The number of anilines is 1. The molecular weight excluding hydrogens is 438 g/mol. The van der Waals surface area contributed by atoms with E-state index in [0.29, 0.717) is 15.4 Å². The van der Waals surface area contributed by atoms with E-state index in [2.05, 4.69) is 5.32 Å². The number of fused-ring (bicyclic) bond motifs is 2. The first kappa shape index (κ1) is 20.5. The van der Waals surface area contributed by atoms with E-state index in [-0.39, 0.29) is 11.5 Å². The number of amides is 1. The Morgan fingerprint density at radius 3 is 2.56 bits per heavy atom. The van der Waals surface area contributed by atoms with Crippen LogP contribution in [0.1, 0.15) is 6.92 Å². The van der Waals surface area contributed by atoms with Crippen molar-refractivity contribution in [3.8, 4) is 5.69 Å². The third kappa shape index (κ3) is 3.81. The molecule has 158 valence electrons. The number of hydrogen-bond acceptors (Lipinski definition) is 5. The third-order valence-electron chi connectivity index (χ3n) is 5.18. The number of para-hydroxylation sites is 1. The van der Waals surface area contributed by atoms with Crippen molar-refractivity contribution in [3.05, 3.63) is 94.6 Å². The summed E-state index contributed by atoms with van der Waals surface area (Å²) >= 11 is 2.70. The second kappa shape index (κ2) is 8.61. The topological polar surface area (TPSA) is 64.0 Å². The van der Waals surface area contributed by atoms with Crippen molar-refractivity contribution in [1.29, 1.82) is 0 Å². The molecule has 1 atom stereocenters. The Morgan fingerprint density at radius 2 is 1.72 bits per heavy atom. The molecule has 0 bridgehead atoms. The van der Waals surface area contributed by atoms with E-state index in [1.807, 2.05) is 85.1 Å². The number of carbonyl (C=O) groups is 1. The molecule has 3 aromatic carbocycles. The first-order valence-corrected chi connectivity index (χ1v) is 11.9. The molecule has 7 heteroatoms. The van der Waals surface area contributed by atoms with Gasteiger partial charge in [0, 0.05) is 11.1 Å². The van der Waals surface area contributed by atoms with Crippen molar-refractivity contribution >= 4 is 55.7 Å². The molecule has 1 unspecified atom stereocenters. The van der Waals surface area contributed by atoms with E-state index < -0.39 is 5.25 Å². The van der Waals surface area contributed by atoms with Crippen LogP contribution in [-0.4, -0.2) is 20.7 Å². The Hall–Kier alpha value is -3.42.